The van der Waals surface area contributed by atoms with Gasteiger partial charge in [-0.15, -0.1) is 0 Å². The molecule has 26 heavy (non-hydrogen) atoms. The number of aromatic nitrogens is 3. The summed E-state index contributed by atoms with van der Waals surface area (Å²) >= 11 is 0. The molecular weight excluding hydrogens is 333 g/mol. The summed E-state index contributed by atoms with van der Waals surface area (Å²) in [7, 11) is 0. The molecule has 0 bridgehead atoms. The number of aryl methyl sites for hydroxylation is 1. The zero-order valence-corrected chi connectivity index (χ0v) is 14.9. The Kier molecular flexibility index (Phi) is 4.79. The van der Waals surface area contributed by atoms with Crippen LogP contribution in [0.4, 0.5) is 16.0 Å². The number of pyridine rings is 1. The molecule has 0 unspecified atom stereocenters. The number of nitrogens with zero attached hydrogens (tertiary/aromatic N) is 3. The van der Waals surface area contributed by atoms with Crippen LogP contribution in [0.1, 0.15) is 25.8 Å². The van der Waals surface area contributed by atoms with Gasteiger partial charge in [0.25, 0.3) is 0 Å². The van der Waals surface area contributed by atoms with E-state index < -0.39 is 5.82 Å². The highest BCUT2D eigenvalue weighted by molar-refractivity contribution is 5.91. The number of hydrogen-bond acceptors (Lipinski definition) is 5. The van der Waals surface area contributed by atoms with Crippen LogP contribution in [0, 0.1) is 18.7 Å². The number of carbonyl (C=O) groups excluding carboxylic acids is 1. The number of carbonyl (C=O) groups is 1. The van der Waals surface area contributed by atoms with Gasteiger partial charge in [-0.1, -0.05) is 19.9 Å². The first kappa shape index (κ1) is 17.7. The van der Waals surface area contributed by atoms with Crippen molar-refractivity contribution < 1.29 is 9.18 Å². The van der Waals surface area contributed by atoms with Crippen LogP contribution in [0.25, 0.3) is 22.3 Å². The third-order valence-corrected chi connectivity index (χ3v) is 3.89. The largest absolute Gasteiger partial charge is 0.368 e. The van der Waals surface area contributed by atoms with Gasteiger partial charge in [0.1, 0.15) is 11.3 Å². The highest BCUT2D eigenvalue weighted by atomic mass is 19.1. The maximum atomic E-state index is 14.4. The molecule has 3 N–H and O–H groups in total. The smallest absolute Gasteiger partial charge is 0.224 e. The number of nitrogens with one attached hydrogen (secondary N) is 1. The van der Waals surface area contributed by atoms with Crippen LogP contribution in [0.2, 0.25) is 0 Å². The molecule has 1 amide bonds. The Bertz CT molecular complexity index is 987. The van der Waals surface area contributed by atoms with Crippen molar-refractivity contribution in [3.8, 4) is 11.3 Å². The number of benzene rings is 1. The average Bonchev–Trinajstić information content (AvgIpc) is 2.56. The lowest BCUT2D eigenvalue weighted by atomic mass is 10.1. The van der Waals surface area contributed by atoms with Gasteiger partial charge in [-0.3, -0.25) is 4.79 Å². The topological polar surface area (TPSA) is 93.8 Å². The van der Waals surface area contributed by atoms with Crippen molar-refractivity contribution in [3.63, 3.8) is 0 Å². The van der Waals surface area contributed by atoms with Crippen molar-refractivity contribution in [1.82, 2.24) is 15.0 Å². The number of anilines is 2. The number of rotatable bonds is 4. The summed E-state index contributed by atoms with van der Waals surface area (Å²) < 4.78 is 14.4. The summed E-state index contributed by atoms with van der Waals surface area (Å²) in [5.41, 5.74) is 9.10. The van der Waals surface area contributed by atoms with Crippen molar-refractivity contribution in [2.24, 2.45) is 5.92 Å². The van der Waals surface area contributed by atoms with E-state index in [-0.39, 0.29) is 23.5 Å². The van der Waals surface area contributed by atoms with E-state index in [9.17, 15) is 9.18 Å². The molecule has 0 spiro atoms. The molecule has 0 radical (unpaired) electrons. The molecule has 3 aromatic rings. The number of nitrogens with two attached hydrogens (primary N) is 1. The number of amides is 1. The molecule has 1 aromatic carbocycles. The Morgan fingerprint density at radius 1 is 1.27 bits per heavy atom. The molecule has 0 saturated heterocycles. The van der Waals surface area contributed by atoms with Crippen molar-refractivity contribution in [3.05, 3.63) is 41.8 Å². The lowest BCUT2D eigenvalue weighted by Gasteiger charge is -2.10. The van der Waals surface area contributed by atoms with Crippen molar-refractivity contribution >= 4 is 28.6 Å². The molecule has 0 atom stereocenters. The minimum atomic E-state index is -0.507. The predicted molar refractivity (Wildman–Crippen MR) is 100.0 cm³/mol. The van der Waals surface area contributed by atoms with E-state index in [0.717, 1.165) is 5.56 Å². The standard InChI is InChI=1S/C19H20FN5O/c1-10(2)6-17(26)24-14-5-4-12(8-13(14)20)15-7-11(3)18-16(23-15)9-22-19(21)25-18/h4-5,7-10H,6H2,1-3H3,(H,24,26)(H2,21,22,25). The molecule has 3 rings (SSSR count). The minimum Gasteiger partial charge on any atom is -0.368 e. The fraction of sp³-hybridized carbons (Fsp3) is 0.263. The second-order valence-electron chi connectivity index (χ2n) is 6.63. The SMILES string of the molecule is Cc1cc(-c2ccc(NC(=O)CC(C)C)c(F)c2)nc2cnc(N)nc12. The zero-order chi connectivity index (χ0) is 18.8. The Hall–Kier alpha value is -3.09. The van der Waals surface area contributed by atoms with Gasteiger partial charge in [-0.2, -0.15) is 0 Å². The molecule has 0 fully saturated rings. The normalized spacial score (nSPS) is 11.1. The van der Waals surface area contributed by atoms with Crippen LogP contribution in [0.3, 0.4) is 0 Å². The number of fused-ring (bicyclic) bond motifs is 1. The second kappa shape index (κ2) is 7.03. The highest BCUT2D eigenvalue weighted by Gasteiger charge is 2.12. The van der Waals surface area contributed by atoms with E-state index in [0.29, 0.717) is 28.7 Å². The zero-order valence-electron chi connectivity index (χ0n) is 14.9. The monoisotopic (exact) mass is 353 g/mol. The molecule has 2 aromatic heterocycles. The fourth-order valence-corrected chi connectivity index (χ4v) is 2.69. The predicted octanol–water partition coefficient (Wildman–Crippen LogP) is 3.71. The maximum absolute atomic E-state index is 14.4. The minimum absolute atomic E-state index is 0.160. The van der Waals surface area contributed by atoms with Crippen LogP contribution in [0.5, 0.6) is 0 Å². The lowest BCUT2D eigenvalue weighted by Crippen LogP contribution is -2.14. The summed E-state index contributed by atoms with van der Waals surface area (Å²) in [4.78, 5) is 24.5. The van der Waals surface area contributed by atoms with Crippen molar-refractivity contribution in [1.29, 1.82) is 0 Å². The summed E-state index contributed by atoms with van der Waals surface area (Å²) in [6.45, 7) is 5.75. The maximum Gasteiger partial charge on any atom is 0.224 e. The quantitative estimate of drug-likeness (QED) is 0.746. The molecule has 0 saturated carbocycles. The van der Waals surface area contributed by atoms with E-state index >= 15 is 0 Å². The van der Waals surface area contributed by atoms with Gasteiger partial charge >= 0.3 is 0 Å². The number of hydrogen-bond donors (Lipinski definition) is 2. The number of nitrogen functional groups attached to an aromatic ring is 1. The Morgan fingerprint density at radius 3 is 2.73 bits per heavy atom. The van der Waals surface area contributed by atoms with E-state index in [4.69, 9.17) is 5.73 Å². The first-order valence-electron chi connectivity index (χ1n) is 8.33. The molecule has 6 nitrogen and oxygen atoms in total. The Labute approximate surface area is 150 Å². The van der Waals surface area contributed by atoms with Gasteiger partial charge in [0.2, 0.25) is 11.9 Å². The number of halogens is 1. The summed E-state index contributed by atoms with van der Waals surface area (Å²) in [5, 5.41) is 2.60. The van der Waals surface area contributed by atoms with Crippen LogP contribution < -0.4 is 11.1 Å². The first-order chi connectivity index (χ1) is 12.3. The Balaban J connectivity index is 1.93. The highest BCUT2D eigenvalue weighted by Crippen LogP contribution is 2.26. The fourth-order valence-electron chi connectivity index (χ4n) is 2.69. The average molecular weight is 353 g/mol. The van der Waals surface area contributed by atoms with E-state index in [1.807, 2.05) is 26.8 Å². The molecule has 2 heterocycles. The molecular formula is C19H20FN5O. The summed E-state index contributed by atoms with van der Waals surface area (Å²) in [6.07, 6.45) is 1.89. The van der Waals surface area contributed by atoms with Gasteiger partial charge in [0.05, 0.1) is 23.1 Å². The molecule has 0 aliphatic carbocycles. The van der Waals surface area contributed by atoms with Crippen LogP contribution in [-0.2, 0) is 4.79 Å². The summed E-state index contributed by atoms with van der Waals surface area (Å²) in [5.74, 6) is -0.324. The summed E-state index contributed by atoms with van der Waals surface area (Å²) in [6, 6.07) is 6.45. The third-order valence-electron chi connectivity index (χ3n) is 3.89. The van der Waals surface area contributed by atoms with Crippen molar-refractivity contribution in [2.45, 2.75) is 27.2 Å². The Morgan fingerprint density at radius 2 is 2.04 bits per heavy atom. The van der Waals surface area contributed by atoms with Crippen LogP contribution >= 0.6 is 0 Å². The van der Waals surface area contributed by atoms with Gasteiger partial charge < -0.3 is 11.1 Å². The first-order valence-corrected chi connectivity index (χ1v) is 8.33. The van der Waals surface area contributed by atoms with Gasteiger partial charge in [-0.25, -0.2) is 19.3 Å². The molecule has 7 heteroatoms. The van der Waals surface area contributed by atoms with E-state index in [2.05, 4.69) is 20.3 Å². The lowest BCUT2D eigenvalue weighted by molar-refractivity contribution is -0.116. The molecule has 134 valence electrons. The van der Waals surface area contributed by atoms with E-state index in [1.165, 1.54) is 6.07 Å². The van der Waals surface area contributed by atoms with Crippen LogP contribution in [-0.4, -0.2) is 20.9 Å². The second-order valence-corrected chi connectivity index (χ2v) is 6.63. The van der Waals surface area contributed by atoms with Gasteiger partial charge in [0, 0.05) is 12.0 Å². The van der Waals surface area contributed by atoms with Gasteiger partial charge in [-0.05, 0) is 36.6 Å². The van der Waals surface area contributed by atoms with Gasteiger partial charge in [0.15, 0.2) is 0 Å². The third kappa shape index (κ3) is 3.77. The van der Waals surface area contributed by atoms with E-state index in [1.54, 1.807) is 18.3 Å². The molecule has 0 aliphatic rings. The molecule has 0 aliphatic heterocycles. The van der Waals surface area contributed by atoms with Crippen LogP contribution in [0.15, 0.2) is 30.5 Å². The van der Waals surface area contributed by atoms with Crippen molar-refractivity contribution in [2.75, 3.05) is 11.1 Å².